The molecule has 0 fully saturated rings. The second-order valence-electron chi connectivity index (χ2n) is 0.729. The average molecular weight is 137 g/mol. The molecule has 0 spiro atoms. The summed E-state index contributed by atoms with van der Waals surface area (Å²) in [6, 6.07) is 1.47. The summed E-state index contributed by atoms with van der Waals surface area (Å²) >= 11 is 0. The van der Waals surface area contributed by atoms with Gasteiger partial charge in [-0.15, -0.1) is 0 Å². The van der Waals surface area contributed by atoms with Crippen LogP contribution in [0.3, 0.4) is 0 Å². The third kappa shape index (κ3) is 32.3. The van der Waals surface area contributed by atoms with E-state index in [2.05, 4.69) is 6.92 Å². The summed E-state index contributed by atoms with van der Waals surface area (Å²) in [5.41, 5.74) is 0. The van der Waals surface area contributed by atoms with E-state index in [0.29, 0.717) is 0 Å². The van der Waals surface area contributed by atoms with Gasteiger partial charge in [-0.25, -0.2) is 0 Å². The van der Waals surface area contributed by atoms with Crippen LogP contribution in [0.1, 0.15) is 13.3 Å². The van der Waals surface area contributed by atoms with Gasteiger partial charge in [0.15, 0.2) is 0 Å². The Balaban J connectivity index is -0.000000109. The van der Waals surface area contributed by atoms with Gasteiger partial charge in [-0.2, -0.15) is 12.2 Å². The molecule has 0 unspecified atom stereocenters. The number of carbonyl (C=O) groups is 1. The SMILES string of the molecule is N#CCC(=O)O.[CH2-]C.[Na+]. The zero-order valence-corrected chi connectivity index (χ0v) is 7.72. The first kappa shape index (κ1) is 16.0. The molecule has 0 saturated heterocycles. The van der Waals surface area contributed by atoms with Crippen LogP contribution >= 0.6 is 0 Å². The van der Waals surface area contributed by atoms with Crippen molar-refractivity contribution < 1.29 is 39.5 Å². The standard InChI is InChI=1S/C3H3NO2.C2H5.Na/c4-2-1-3(5)6;1-2;/h1H2,(H,5,6);1H2,2H3;/q;-1;+1. The normalized spacial score (nSPS) is 5.00. The smallest absolute Gasteiger partial charge is 0.480 e. The van der Waals surface area contributed by atoms with Crippen molar-refractivity contribution in [3.63, 3.8) is 0 Å². The minimum atomic E-state index is -1.07. The molecule has 0 bridgehead atoms. The predicted octanol–water partition coefficient (Wildman–Crippen LogP) is -2.17. The van der Waals surface area contributed by atoms with Crippen molar-refractivity contribution in [2.75, 3.05) is 0 Å². The monoisotopic (exact) mass is 137 g/mol. The Kier molecular flexibility index (Phi) is 27.8. The second-order valence-corrected chi connectivity index (χ2v) is 0.729. The summed E-state index contributed by atoms with van der Waals surface area (Å²) in [4.78, 5) is 9.38. The molecule has 0 aromatic heterocycles. The summed E-state index contributed by atoms with van der Waals surface area (Å²) in [6.45, 7) is 5.00. The molecule has 46 valence electrons. The van der Waals surface area contributed by atoms with Crippen molar-refractivity contribution in [3.05, 3.63) is 6.92 Å². The third-order valence-electron chi connectivity index (χ3n) is 0.230. The minimum absolute atomic E-state index is 0. The Labute approximate surface area is 77.0 Å². The van der Waals surface area contributed by atoms with E-state index >= 15 is 0 Å². The van der Waals surface area contributed by atoms with Gasteiger partial charge >= 0.3 is 35.5 Å². The van der Waals surface area contributed by atoms with Crippen LogP contribution in [0.2, 0.25) is 0 Å². The molecule has 3 nitrogen and oxygen atoms in total. The average Bonchev–Trinajstić information content (AvgIpc) is 1.72. The molecule has 9 heavy (non-hydrogen) atoms. The Bertz CT molecular complexity index is 97.6. The van der Waals surface area contributed by atoms with Crippen LogP contribution in [-0.2, 0) is 4.79 Å². The van der Waals surface area contributed by atoms with Crippen molar-refractivity contribution in [1.82, 2.24) is 0 Å². The van der Waals surface area contributed by atoms with Gasteiger partial charge in [-0.3, -0.25) is 4.79 Å². The van der Waals surface area contributed by atoms with Gasteiger partial charge in [0.25, 0.3) is 0 Å². The van der Waals surface area contributed by atoms with E-state index in [1.54, 1.807) is 6.92 Å². The van der Waals surface area contributed by atoms with E-state index in [4.69, 9.17) is 10.4 Å². The molecule has 0 rings (SSSR count). The van der Waals surface area contributed by atoms with Gasteiger partial charge in [0, 0.05) is 0 Å². The number of carboxylic acids is 1. The number of nitrogens with zero attached hydrogens (tertiary/aromatic N) is 1. The first-order valence-corrected chi connectivity index (χ1v) is 2.07. The van der Waals surface area contributed by atoms with Gasteiger partial charge < -0.3 is 12.0 Å². The van der Waals surface area contributed by atoms with E-state index in [9.17, 15) is 4.79 Å². The van der Waals surface area contributed by atoms with Crippen LogP contribution in [0.5, 0.6) is 0 Å². The molecule has 1 N–H and O–H groups in total. The molecule has 0 aliphatic rings. The van der Waals surface area contributed by atoms with E-state index in [-0.39, 0.29) is 29.6 Å². The van der Waals surface area contributed by atoms with Crippen LogP contribution in [-0.4, -0.2) is 11.1 Å². The number of hydrogen-bond acceptors (Lipinski definition) is 2. The maximum Gasteiger partial charge on any atom is 1.00 e. The fraction of sp³-hybridized carbons (Fsp3) is 0.400. The fourth-order valence-electron chi connectivity index (χ4n) is 0.0676. The quantitative estimate of drug-likeness (QED) is 0.330. The van der Waals surface area contributed by atoms with Gasteiger partial charge in [-0.1, -0.05) is 0 Å². The minimum Gasteiger partial charge on any atom is -0.480 e. The molecule has 0 radical (unpaired) electrons. The Morgan fingerprint density at radius 2 is 2.11 bits per heavy atom. The first-order chi connectivity index (χ1) is 3.77. The van der Waals surface area contributed by atoms with E-state index in [1.807, 2.05) is 0 Å². The zero-order valence-electron chi connectivity index (χ0n) is 5.72. The number of aliphatic carboxylic acids is 1. The molecular formula is C5H8NNaO2. The van der Waals surface area contributed by atoms with E-state index in [1.165, 1.54) is 6.07 Å². The van der Waals surface area contributed by atoms with Crippen LogP contribution in [0.25, 0.3) is 0 Å². The van der Waals surface area contributed by atoms with Crippen LogP contribution < -0.4 is 29.6 Å². The summed E-state index contributed by atoms with van der Waals surface area (Å²) in [7, 11) is 0. The topological polar surface area (TPSA) is 61.1 Å². The Hall–Kier alpha value is -0.0400. The molecule has 0 amide bonds. The van der Waals surface area contributed by atoms with Crippen molar-refractivity contribution >= 4 is 5.97 Å². The molecule has 0 heterocycles. The summed E-state index contributed by atoms with van der Waals surface area (Å²) in [5.74, 6) is -1.07. The summed E-state index contributed by atoms with van der Waals surface area (Å²) in [5, 5.41) is 15.3. The van der Waals surface area contributed by atoms with E-state index < -0.39 is 12.4 Å². The number of rotatable bonds is 1. The zero-order chi connectivity index (χ0) is 6.99. The van der Waals surface area contributed by atoms with Gasteiger partial charge in [0.2, 0.25) is 0 Å². The molecule has 0 atom stereocenters. The fourth-order valence-corrected chi connectivity index (χ4v) is 0.0676. The molecule has 0 saturated carbocycles. The molecule has 4 heteroatoms. The maximum absolute atomic E-state index is 9.38. The number of carboxylic acid groups (broad SMARTS) is 1. The molecular weight excluding hydrogens is 129 g/mol. The third-order valence-corrected chi connectivity index (χ3v) is 0.230. The van der Waals surface area contributed by atoms with Crippen LogP contribution in [0, 0.1) is 18.3 Å². The Morgan fingerprint density at radius 3 is 2.11 bits per heavy atom. The number of nitriles is 1. The van der Waals surface area contributed by atoms with Crippen molar-refractivity contribution in [1.29, 1.82) is 5.26 Å². The van der Waals surface area contributed by atoms with Gasteiger partial charge in [0.05, 0.1) is 6.07 Å². The molecule has 0 aliphatic carbocycles. The van der Waals surface area contributed by atoms with Gasteiger partial charge in [-0.05, 0) is 0 Å². The first-order valence-electron chi connectivity index (χ1n) is 2.07. The van der Waals surface area contributed by atoms with Crippen molar-refractivity contribution in [3.8, 4) is 6.07 Å². The molecule has 0 aromatic carbocycles. The van der Waals surface area contributed by atoms with E-state index in [0.717, 1.165) is 0 Å². The number of hydrogen-bond donors (Lipinski definition) is 1. The molecule has 0 aromatic rings. The largest absolute Gasteiger partial charge is 1.00 e. The summed E-state index contributed by atoms with van der Waals surface area (Å²) < 4.78 is 0. The maximum atomic E-state index is 9.38. The predicted molar refractivity (Wildman–Crippen MR) is 28.9 cm³/mol. The summed E-state index contributed by atoms with van der Waals surface area (Å²) in [6.07, 6.45) is -0.403. The second kappa shape index (κ2) is 15.7. The van der Waals surface area contributed by atoms with Crippen LogP contribution in [0.4, 0.5) is 0 Å². The Morgan fingerprint density at radius 1 is 1.78 bits per heavy atom. The molecule has 0 aliphatic heterocycles. The van der Waals surface area contributed by atoms with Crippen LogP contribution in [0.15, 0.2) is 0 Å². The van der Waals surface area contributed by atoms with Gasteiger partial charge in [0.1, 0.15) is 6.42 Å². The van der Waals surface area contributed by atoms with Crippen molar-refractivity contribution in [2.24, 2.45) is 0 Å². The van der Waals surface area contributed by atoms with Crippen molar-refractivity contribution in [2.45, 2.75) is 13.3 Å².